The van der Waals surface area contributed by atoms with E-state index in [1.165, 1.54) is 0 Å². The lowest BCUT2D eigenvalue weighted by atomic mass is 10.1. The summed E-state index contributed by atoms with van der Waals surface area (Å²) in [6, 6.07) is 13.9. The van der Waals surface area contributed by atoms with E-state index in [2.05, 4.69) is 11.1 Å². The number of ether oxygens (including phenoxy) is 1. The summed E-state index contributed by atoms with van der Waals surface area (Å²) in [5.41, 5.74) is 1.16. The molecule has 1 amide bonds. The highest BCUT2D eigenvalue weighted by Gasteiger charge is 2.30. The van der Waals surface area contributed by atoms with Crippen LogP contribution in [0.25, 0.3) is 0 Å². The zero-order valence-electron chi connectivity index (χ0n) is 14.9. The van der Waals surface area contributed by atoms with Crippen LogP contribution in [-0.4, -0.2) is 43.0 Å². The van der Waals surface area contributed by atoms with Crippen molar-refractivity contribution in [2.75, 3.05) is 32.1 Å². The zero-order valence-corrected chi connectivity index (χ0v) is 14.9. The van der Waals surface area contributed by atoms with Crippen LogP contribution in [0.1, 0.15) is 30.9 Å². The van der Waals surface area contributed by atoms with Crippen LogP contribution in [-0.2, 0) is 4.79 Å². The molecule has 5 nitrogen and oxygen atoms in total. The number of para-hydroxylation sites is 1. The smallest absolute Gasteiger partial charge is 0.226 e. The fourth-order valence-electron chi connectivity index (χ4n) is 3.21. The Labute approximate surface area is 149 Å². The van der Waals surface area contributed by atoms with Gasteiger partial charge in [0.1, 0.15) is 11.6 Å². The van der Waals surface area contributed by atoms with E-state index < -0.39 is 0 Å². The Hall–Kier alpha value is -2.56. The topological polar surface area (TPSA) is 45.7 Å². The maximum absolute atomic E-state index is 12.7. The van der Waals surface area contributed by atoms with Crippen LogP contribution in [0.5, 0.6) is 5.75 Å². The largest absolute Gasteiger partial charge is 0.493 e. The molecule has 1 fully saturated rings. The number of pyridine rings is 1. The Balaban J connectivity index is 1.61. The lowest BCUT2D eigenvalue weighted by molar-refractivity contribution is -0.132. The van der Waals surface area contributed by atoms with Gasteiger partial charge in [0.05, 0.1) is 19.1 Å². The van der Waals surface area contributed by atoms with Crippen molar-refractivity contribution >= 4 is 11.7 Å². The summed E-state index contributed by atoms with van der Waals surface area (Å²) >= 11 is 0. The highest BCUT2D eigenvalue weighted by molar-refractivity contribution is 5.77. The number of carbonyl (C=O) groups is 1. The van der Waals surface area contributed by atoms with Crippen LogP contribution in [0.4, 0.5) is 5.82 Å². The van der Waals surface area contributed by atoms with Gasteiger partial charge in [-0.3, -0.25) is 4.79 Å². The number of aromatic nitrogens is 1. The fraction of sp³-hybridized carbons (Fsp3) is 0.400. The first kappa shape index (κ1) is 17.3. The van der Waals surface area contributed by atoms with Crippen molar-refractivity contribution < 1.29 is 9.53 Å². The molecule has 3 rings (SSSR count). The van der Waals surface area contributed by atoms with Gasteiger partial charge >= 0.3 is 0 Å². The van der Waals surface area contributed by atoms with E-state index in [0.717, 1.165) is 36.5 Å². The third-order valence-corrected chi connectivity index (χ3v) is 4.51. The Bertz CT molecular complexity index is 703. The first-order chi connectivity index (χ1) is 12.1. The highest BCUT2D eigenvalue weighted by atomic mass is 16.5. The fourth-order valence-corrected chi connectivity index (χ4v) is 3.21. The summed E-state index contributed by atoms with van der Waals surface area (Å²) in [6.45, 7) is 1.22. The van der Waals surface area contributed by atoms with Crippen molar-refractivity contribution in [1.29, 1.82) is 0 Å². The molecule has 0 spiro atoms. The molecule has 0 aliphatic carbocycles. The predicted octanol–water partition coefficient (Wildman–Crippen LogP) is 3.28. The SMILES string of the molecule is CN(C)c1cc([C@H]2CCCN2C(=O)CCOc2ccccc2)ccn1. The standard InChI is InChI=1S/C20H25N3O2/c1-22(2)19-15-16(10-12-21-19)18-9-6-13-23(18)20(24)11-14-25-17-7-4-3-5-8-17/h3-5,7-8,10,12,15,18H,6,9,11,13-14H2,1-2H3/t18-/m1/s1. The van der Waals surface area contributed by atoms with Crippen molar-refractivity contribution in [3.63, 3.8) is 0 Å². The van der Waals surface area contributed by atoms with Gasteiger partial charge in [0.2, 0.25) is 5.91 Å². The monoisotopic (exact) mass is 339 g/mol. The van der Waals surface area contributed by atoms with Crippen molar-refractivity contribution in [3.05, 3.63) is 54.2 Å². The number of rotatable bonds is 6. The molecule has 1 saturated heterocycles. The van der Waals surface area contributed by atoms with Crippen LogP contribution in [0.3, 0.4) is 0 Å². The van der Waals surface area contributed by atoms with Crippen LogP contribution >= 0.6 is 0 Å². The van der Waals surface area contributed by atoms with E-state index in [1.54, 1.807) is 0 Å². The minimum absolute atomic E-state index is 0.144. The van der Waals surface area contributed by atoms with Gasteiger partial charge in [0.25, 0.3) is 0 Å². The molecule has 1 aliphatic heterocycles. The molecular formula is C20H25N3O2. The van der Waals surface area contributed by atoms with Gasteiger partial charge in [-0.25, -0.2) is 4.98 Å². The number of hydrogen-bond acceptors (Lipinski definition) is 4. The van der Waals surface area contributed by atoms with Crippen LogP contribution < -0.4 is 9.64 Å². The van der Waals surface area contributed by atoms with E-state index in [0.29, 0.717) is 13.0 Å². The Kier molecular flexibility index (Phi) is 5.53. The molecule has 132 valence electrons. The van der Waals surface area contributed by atoms with Gasteiger partial charge in [0, 0.05) is 26.8 Å². The average molecular weight is 339 g/mol. The lowest BCUT2D eigenvalue weighted by Crippen LogP contribution is -2.31. The van der Waals surface area contributed by atoms with E-state index in [9.17, 15) is 4.79 Å². The number of amides is 1. The first-order valence-electron chi connectivity index (χ1n) is 8.76. The molecule has 1 aromatic heterocycles. The quantitative estimate of drug-likeness (QED) is 0.810. The molecule has 1 aromatic carbocycles. The molecule has 0 bridgehead atoms. The van der Waals surface area contributed by atoms with Gasteiger partial charge in [0.15, 0.2) is 0 Å². The Morgan fingerprint density at radius 1 is 1.28 bits per heavy atom. The van der Waals surface area contributed by atoms with E-state index >= 15 is 0 Å². The summed E-state index contributed by atoms with van der Waals surface area (Å²) in [5, 5.41) is 0. The van der Waals surface area contributed by atoms with Crippen molar-refractivity contribution in [2.45, 2.75) is 25.3 Å². The number of anilines is 1. The number of hydrogen-bond donors (Lipinski definition) is 0. The second kappa shape index (κ2) is 8.01. The Morgan fingerprint density at radius 3 is 2.84 bits per heavy atom. The predicted molar refractivity (Wildman–Crippen MR) is 98.8 cm³/mol. The molecule has 5 heteroatoms. The summed E-state index contributed by atoms with van der Waals surface area (Å²) in [4.78, 5) is 21.0. The summed E-state index contributed by atoms with van der Waals surface area (Å²) in [5.74, 6) is 1.88. The Morgan fingerprint density at radius 2 is 2.08 bits per heavy atom. The number of nitrogens with zero attached hydrogens (tertiary/aromatic N) is 3. The molecule has 2 heterocycles. The van der Waals surface area contributed by atoms with Crippen LogP contribution in [0.15, 0.2) is 48.7 Å². The van der Waals surface area contributed by atoms with Crippen molar-refractivity contribution in [1.82, 2.24) is 9.88 Å². The molecule has 0 N–H and O–H groups in total. The lowest BCUT2D eigenvalue weighted by Gasteiger charge is -2.26. The molecule has 1 atom stereocenters. The third-order valence-electron chi connectivity index (χ3n) is 4.51. The second-order valence-electron chi connectivity index (χ2n) is 6.50. The van der Waals surface area contributed by atoms with E-state index in [4.69, 9.17) is 4.74 Å². The average Bonchev–Trinajstić information content (AvgIpc) is 3.12. The summed E-state index contributed by atoms with van der Waals surface area (Å²) < 4.78 is 5.66. The molecule has 0 saturated carbocycles. The van der Waals surface area contributed by atoms with Crippen molar-refractivity contribution in [3.8, 4) is 5.75 Å². The minimum atomic E-state index is 0.144. The van der Waals surface area contributed by atoms with Gasteiger partial charge in [-0.05, 0) is 42.7 Å². The van der Waals surface area contributed by atoms with Gasteiger partial charge in [-0.15, -0.1) is 0 Å². The second-order valence-corrected chi connectivity index (χ2v) is 6.50. The maximum atomic E-state index is 12.7. The third kappa shape index (κ3) is 4.29. The maximum Gasteiger partial charge on any atom is 0.226 e. The minimum Gasteiger partial charge on any atom is -0.493 e. The highest BCUT2D eigenvalue weighted by Crippen LogP contribution is 2.33. The van der Waals surface area contributed by atoms with E-state index in [-0.39, 0.29) is 11.9 Å². The van der Waals surface area contributed by atoms with Crippen LogP contribution in [0, 0.1) is 0 Å². The van der Waals surface area contributed by atoms with Gasteiger partial charge < -0.3 is 14.5 Å². The number of likely N-dealkylation sites (tertiary alicyclic amines) is 1. The molecule has 1 aliphatic rings. The zero-order chi connectivity index (χ0) is 17.6. The number of benzene rings is 1. The van der Waals surface area contributed by atoms with Crippen molar-refractivity contribution in [2.24, 2.45) is 0 Å². The van der Waals surface area contributed by atoms with Gasteiger partial charge in [-0.1, -0.05) is 18.2 Å². The molecular weight excluding hydrogens is 314 g/mol. The first-order valence-corrected chi connectivity index (χ1v) is 8.76. The molecule has 0 unspecified atom stereocenters. The normalized spacial score (nSPS) is 16.7. The van der Waals surface area contributed by atoms with Gasteiger partial charge in [-0.2, -0.15) is 0 Å². The molecule has 2 aromatic rings. The molecule has 25 heavy (non-hydrogen) atoms. The summed E-state index contributed by atoms with van der Waals surface area (Å²) in [7, 11) is 3.95. The van der Waals surface area contributed by atoms with Crippen LogP contribution in [0.2, 0.25) is 0 Å². The number of carbonyl (C=O) groups excluding carboxylic acids is 1. The van der Waals surface area contributed by atoms with E-state index in [1.807, 2.05) is 66.5 Å². The summed E-state index contributed by atoms with van der Waals surface area (Å²) in [6.07, 6.45) is 4.26. The molecule has 0 radical (unpaired) electrons.